The van der Waals surface area contributed by atoms with Gasteiger partial charge in [0.2, 0.25) is 0 Å². The van der Waals surface area contributed by atoms with Crippen molar-refractivity contribution >= 4 is 17.6 Å². The maximum atomic E-state index is 12.0. The molecule has 0 radical (unpaired) electrons. The molecule has 4 aliphatic carbocycles. The minimum absolute atomic E-state index is 0.229. The van der Waals surface area contributed by atoms with Crippen molar-refractivity contribution < 1.29 is 9.53 Å². The number of hydrogen-bond donors (Lipinski definition) is 0. The van der Waals surface area contributed by atoms with Crippen LogP contribution in [0.25, 0.3) is 0 Å². The molecule has 0 heterocycles. The Balaban J connectivity index is 1.62. The lowest BCUT2D eigenvalue weighted by molar-refractivity contribution is -0.158. The van der Waals surface area contributed by atoms with Gasteiger partial charge in [0.1, 0.15) is 4.87 Å². The second-order valence-electron chi connectivity index (χ2n) is 7.54. The molecule has 4 aliphatic rings. The molecule has 4 bridgehead atoms. The van der Waals surface area contributed by atoms with Crippen LogP contribution in [0, 0.1) is 23.2 Å². The van der Waals surface area contributed by atoms with E-state index < -0.39 is 4.87 Å². The van der Waals surface area contributed by atoms with Gasteiger partial charge in [-0.25, -0.2) is 0 Å². The van der Waals surface area contributed by atoms with E-state index in [0.717, 1.165) is 17.8 Å². The van der Waals surface area contributed by atoms with Crippen molar-refractivity contribution in [1.29, 1.82) is 0 Å². The van der Waals surface area contributed by atoms with E-state index in [1.807, 2.05) is 6.92 Å². The van der Waals surface area contributed by atoms with Gasteiger partial charge in [-0.2, -0.15) is 0 Å². The van der Waals surface area contributed by atoms with Crippen LogP contribution in [0.1, 0.15) is 58.8 Å². The van der Waals surface area contributed by atoms with Crippen LogP contribution >= 0.6 is 11.6 Å². The molecule has 0 spiro atoms. The minimum Gasteiger partial charge on any atom is -0.464 e. The molecule has 4 rings (SSSR count). The first-order valence-corrected chi connectivity index (χ1v) is 8.16. The summed E-state index contributed by atoms with van der Waals surface area (Å²) in [5.74, 6) is 2.47. The van der Waals surface area contributed by atoms with Gasteiger partial charge in [-0.3, -0.25) is 4.79 Å². The molecule has 1 atom stereocenters. The summed E-state index contributed by atoms with van der Waals surface area (Å²) in [4.78, 5) is 11.2. The van der Waals surface area contributed by atoms with E-state index in [1.54, 1.807) is 6.92 Å². The van der Waals surface area contributed by atoms with Gasteiger partial charge < -0.3 is 4.74 Å². The van der Waals surface area contributed by atoms with Crippen LogP contribution in [-0.2, 0) is 9.53 Å². The third kappa shape index (κ3) is 2.53. The largest absolute Gasteiger partial charge is 0.464 e. The molecule has 1 unspecified atom stereocenters. The van der Waals surface area contributed by atoms with Crippen molar-refractivity contribution in [1.82, 2.24) is 0 Å². The lowest BCUT2D eigenvalue weighted by Crippen LogP contribution is -2.49. The maximum absolute atomic E-state index is 12.0. The van der Waals surface area contributed by atoms with E-state index in [-0.39, 0.29) is 5.97 Å². The number of alkyl halides is 1. The fourth-order valence-electron chi connectivity index (χ4n) is 4.98. The number of hydrogen-bond acceptors (Lipinski definition) is 2. The number of esters is 1. The predicted octanol–water partition coefficient (Wildman–Crippen LogP) is 4.15. The molecule has 0 amide bonds. The van der Waals surface area contributed by atoms with Crippen molar-refractivity contribution in [3.8, 4) is 0 Å². The highest BCUT2D eigenvalue weighted by Crippen LogP contribution is 2.60. The Hall–Kier alpha value is -0.240. The fraction of sp³-hybridized carbons (Fsp3) is 0.938. The number of ether oxygens (including phenoxy) is 1. The lowest BCUT2D eigenvalue weighted by Gasteiger charge is -2.56. The first kappa shape index (κ1) is 13.7. The summed E-state index contributed by atoms with van der Waals surface area (Å²) in [6.45, 7) is 4.30. The molecule has 19 heavy (non-hydrogen) atoms. The van der Waals surface area contributed by atoms with Gasteiger partial charge in [-0.05, 0) is 69.6 Å². The summed E-state index contributed by atoms with van der Waals surface area (Å²) in [5, 5.41) is 0. The Bertz CT molecular complexity index is 340. The molecule has 0 aromatic carbocycles. The van der Waals surface area contributed by atoms with E-state index in [0.29, 0.717) is 18.4 Å². The summed E-state index contributed by atoms with van der Waals surface area (Å²) in [7, 11) is 0. The first-order chi connectivity index (χ1) is 8.92. The Labute approximate surface area is 121 Å². The average molecular weight is 285 g/mol. The summed E-state index contributed by atoms with van der Waals surface area (Å²) in [5.41, 5.74) is 0.297. The van der Waals surface area contributed by atoms with Crippen molar-refractivity contribution in [3.63, 3.8) is 0 Å². The fourth-order valence-corrected chi connectivity index (χ4v) is 5.03. The van der Waals surface area contributed by atoms with Gasteiger partial charge in [0.25, 0.3) is 0 Å². The number of carbonyl (C=O) groups is 1. The Morgan fingerprint density at radius 1 is 1.21 bits per heavy atom. The quantitative estimate of drug-likeness (QED) is 0.572. The zero-order valence-electron chi connectivity index (χ0n) is 12.1. The lowest BCUT2D eigenvalue weighted by atomic mass is 9.50. The summed E-state index contributed by atoms with van der Waals surface area (Å²) >= 11 is 6.18. The van der Waals surface area contributed by atoms with Crippen LogP contribution in [0.4, 0.5) is 0 Å². The first-order valence-electron chi connectivity index (χ1n) is 7.79. The Morgan fingerprint density at radius 2 is 1.68 bits per heavy atom. The monoisotopic (exact) mass is 284 g/mol. The van der Waals surface area contributed by atoms with Crippen LogP contribution in [0.2, 0.25) is 0 Å². The van der Waals surface area contributed by atoms with Gasteiger partial charge >= 0.3 is 5.97 Å². The van der Waals surface area contributed by atoms with E-state index in [9.17, 15) is 4.79 Å². The van der Waals surface area contributed by atoms with Gasteiger partial charge in [-0.1, -0.05) is 6.92 Å². The van der Waals surface area contributed by atoms with Gasteiger partial charge in [0.05, 0.1) is 6.61 Å². The van der Waals surface area contributed by atoms with E-state index in [1.165, 1.54) is 38.5 Å². The number of carbonyl (C=O) groups excluding carboxylic acids is 1. The highest BCUT2D eigenvalue weighted by atomic mass is 35.5. The molecule has 108 valence electrons. The molecule has 4 saturated carbocycles. The normalized spacial score (nSPS) is 43.0. The standard InChI is InChI=1S/C16H25ClO2/c1-3-15(2,17)14(18)19-10-16-7-11-4-12(8-16)6-13(5-11)9-16/h11-13H,3-10H2,1-2H3. The zero-order valence-corrected chi connectivity index (χ0v) is 12.8. The van der Waals surface area contributed by atoms with Crippen molar-refractivity contribution in [2.45, 2.75) is 63.7 Å². The van der Waals surface area contributed by atoms with Crippen LogP contribution in [0.15, 0.2) is 0 Å². The molecule has 0 aromatic rings. The molecule has 0 aromatic heterocycles. The van der Waals surface area contributed by atoms with Gasteiger partial charge in [0.15, 0.2) is 0 Å². The molecule has 3 heteroatoms. The van der Waals surface area contributed by atoms with Crippen LogP contribution in [-0.4, -0.2) is 17.5 Å². The van der Waals surface area contributed by atoms with Gasteiger partial charge in [-0.15, -0.1) is 11.6 Å². The summed E-state index contributed by atoms with van der Waals surface area (Å²) in [6.07, 6.45) is 8.72. The van der Waals surface area contributed by atoms with Crippen molar-refractivity contribution in [3.05, 3.63) is 0 Å². The highest BCUT2D eigenvalue weighted by Gasteiger charge is 2.51. The minimum atomic E-state index is -0.845. The Kier molecular flexibility index (Phi) is 3.36. The van der Waals surface area contributed by atoms with Crippen LogP contribution in [0.3, 0.4) is 0 Å². The third-order valence-corrected chi connectivity index (χ3v) is 6.19. The van der Waals surface area contributed by atoms with E-state index >= 15 is 0 Å². The number of rotatable bonds is 4. The second kappa shape index (κ2) is 4.65. The predicted molar refractivity (Wildman–Crippen MR) is 76.1 cm³/mol. The molecule has 0 saturated heterocycles. The zero-order chi connectivity index (χ0) is 13.7. The molecule has 4 fully saturated rings. The van der Waals surface area contributed by atoms with Crippen molar-refractivity contribution in [2.24, 2.45) is 23.2 Å². The van der Waals surface area contributed by atoms with Gasteiger partial charge in [0, 0.05) is 5.41 Å². The average Bonchev–Trinajstić information content (AvgIpc) is 2.34. The van der Waals surface area contributed by atoms with E-state index in [2.05, 4.69) is 0 Å². The van der Waals surface area contributed by atoms with Crippen LogP contribution in [0.5, 0.6) is 0 Å². The SMILES string of the molecule is CCC(C)(Cl)C(=O)OCC12CC3CC(CC(C3)C1)C2. The molecule has 2 nitrogen and oxygen atoms in total. The second-order valence-corrected chi connectivity index (χ2v) is 8.38. The molecule has 0 N–H and O–H groups in total. The molecular formula is C16H25ClO2. The maximum Gasteiger partial charge on any atom is 0.326 e. The van der Waals surface area contributed by atoms with Crippen molar-refractivity contribution in [2.75, 3.05) is 6.61 Å². The summed E-state index contributed by atoms with van der Waals surface area (Å²) < 4.78 is 5.61. The summed E-state index contributed by atoms with van der Waals surface area (Å²) in [6, 6.07) is 0. The molecular weight excluding hydrogens is 260 g/mol. The molecule has 0 aliphatic heterocycles. The number of halogens is 1. The smallest absolute Gasteiger partial charge is 0.326 e. The highest BCUT2D eigenvalue weighted by molar-refractivity contribution is 6.33. The topological polar surface area (TPSA) is 26.3 Å². The van der Waals surface area contributed by atoms with E-state index in [4.69, 9.17) is 16.3 Å². The Morgan fingerprint density at radius 3 is 2.11 bits per heavy atom. The van der Waals surface area contributed by atoms with Crippen LogP contribution < -0.4 is 0 Å². The third-order valence-electron chi connectivity index (χ3n) is 5.76.